The Kier molecular flexibility index (Phi) is 3.63. The van der Waals surface area contributed by atoms with Gasteiger partial charge in [0, 0.05) is 12.4 Å². The second-order valence-electron chi connectivity index (χ2n) is 4.44. The number of hydrogen-bond donors (Lipinski definition) is 2. The van der Waals surface area contributed by atoms with Gasteiger partial charge in [0.05, 0.1) is 16.3 Å². The van der Waals surface area contributed by atoms with Crippen LogP contribution in [0.25, 0.3) is 0 Å². The predicted molar refractivity (Wildman–Crippen MR) is 75.3 cm³/mol. The minimum absolute atomic E-state index is 0.0786. The molecule has 0 fully saturated rings. The van der Waals surface area contributed by atoms with E-state index in [1.54, 1.807) is 19.2 Å². The van der Waals surface area contributed by atoms with Gasteiger partial charge in [-0.2, -0.15) is 0 Å². The Bertz CT molecular complexity index is 737. The van der Waals surface area contributed by atoms with Crippen LogP contribution < -0.4 is 10.5 Å². The highest BCUT2D eigenvalue weighted by molar-refractivity contribution is 7.92. The molecule has 20 heavy (non-hydrogen) atoms. The number of halogens is 1. The first-order valence-corrected chi connectivity index (χ1v) is 7.28. The number of aromatic nitrogens is 1. The van der Waals surface area contributed by atoms with Crippen LogP contribution in [0.4, 0.5) is 15.8 Å². The molecule has 0 saturated carbocycles. The molecule has 0 radical (unpaired) electrons. The number of benzene rings is 1. The van der Waals surface area contributed by atoms with Crippen molar-refractivity contribution in [3.8, 4) is 0 Å². The smallest absolute Gasteiger partial charge is 0.261 e. The highest BCUT2D eigenvalue weighted by Crippen LogP contribution is 2.23. The summed E-state index contributed by atoms with van der Waals surface area (Å²) in [7, 11) is -3.82. The molecule has 0 bridgehead atoms. The summed E-state index contributed by atoms with van der Waals surface area (Å²) >= 11 is 0. The number of nitrogen functional groups attached to an aromatic ring is 1. The van der Waals surface area contributed by atoms with Crippen LogP contribution in [-0.4, -0.2) is 13.4 Å². The number of anilines is 2. The second-order valence-corrected chi connectivity index (χ2v) is 6.12. The first kappa shape index (κ1) is 14.3. The van der Waals surface area contributed by atoms with E-state index in [0.29, 0.717) is 11.3 Å². The molecule has 5 nitrogen and oxygen atoms in total. The lowest BCUT2D eigenvalue weighted by atomic mass is 10.2. The predicted octanol–water partition coefficient (Wildman–Crippen LogP) is 2.22. The molecule has 106 valence electrons. The Morgan fingerprint density at radius 2 is 1.95 bits per heavy atom. The first-order chi connectivity index (χ1) is 9.31. The van der Waals surface area contributed by atoms with Crippen molar-refractivity contribution in [2.45, 2.75) is 18.7 Å². The molecule has 0 aliphatic rings. The van der Waals surface area contributed by atoms with Crippen LogP contribution in [0.5, 0.6) is 0 Å². The number of aryl methyl sites for hydroxylation is 2. The van der Waals surface area contributed by atoms with Gasteiger partial charge in [0.1, 0.15) is 5.82 Å². The molecule has 0 saturated heterocycles. The van der Waals surface area contributed by atoms with Crippen molar-refractivity contribution < 1.29 is 12.8 Å². The van der Waals surface area contributed by atoms with E-state index in [4.69, 9.17) is 5.73 Å². The summed E-state index contributed by atoms with van der Waals surface area (Å²) in [6.45, 7) is 3.19. The molecule has 0 amide bonds. The SMILES string of the molecule is Cc1cnccc1NS(=O)(=O)c1cc(C)c(F)c(N)c1. The van der Waals surface area contributed by atoms with Crippen molar-refractivity contribution in [1.29, 1.82) is 0 Å². The molecule has 0 atom stereocenters. The van der Waals surface area contributed by atoms with Gasteiger partial charge in [-0.1, -0.05) is 0 Å². The molecule has 0 unspecified atom stereocenters. The largest absolute Gasteiger partial charge is 0.396 e. The fourth-order valence-electron chi connectivity index (χ4n) is 1.71. The molecular formula is C13H14FN3O2S. The molecule has 3 N–H and O–H groups in total. The van der Waals surface area contributed by atoms with E-state index >= 15 is 0 Å². The highest BCUT2D eigenvalue weighted by Gasteiger charge is 2.18. The number of pyridine rings is 1. The van der Waals surface area contributed by atoms with Crippen molar-refractivity contribution in [3.63, 3.8) is 0 Å². The van der Waals surface area contributed by atoms with Gasteiger partial charge in [-0.3, -0.25) is 9.71 Å². The molecule has 1 heterocycles. The maximum atomic E-state index is 13.4. The van der Waals surface area contributed by atoms with Crippen LogP contribution in [0.2, 0.25) is 0 Å². The number of rotatable bonds is 3. The fraction of sp³-hybridized carbons (Fsp3) is 0.154. The summed E-state index contributed by atoms with van der Waals surface area (Å²) in [4.78, 5) is 3.80. The number of nitrogens with two attached hydrogens (primary N) is 1. The summed E-state index contributed by atoms with van der Waals surface area (Å²) in [6, 6.07) is 3.89. The van der Waals surface area contributed by atoms with Crippen molar-refractivity contribution >= 4 is 21.4 Å². The van der Waals surface area contributed by atoms with Gasteiger partial charge >= 0.3 is 0 Å². The van der Waals surface area contributed by atoms with Gasteiger partial charge in [0.2, 0.25) is 0 Å². The Morgan fingerprint density at radius 3 is 2.55 bits per heavy atom. The first-order valence-electron chi connectivity index (χ1n) is 5.80. The van der Waals surface area contributed by atoms with Crippen LogP contribution in [0.3, 0.4) is 0 Å². The Hall–Kier alpha value is -2.15. The topological polar surface area (TPSA) is 85.1 Å². The summed E-state index contributed by atoms with van der Waals surface area (Å²) in [6.07, 6.45) is 3.03. The average molecular weight is 295 g/mol. The van der Waals surface area contributed by atoms with Crippen molar-refractivity contribution in [2.75, 3.05) is 10.5 Å². The lowest BCUT2D eigenvalue weighted by molar-refractivity contribution is 0.599. The van der Waals surface area contributed by atoms with Gasteiger partial charge in [-0.05, 0) is 43.2 Å². The molecule has 7 heteroatoms. The zero-order valence-corrected chi connectivity index (χ0v) is 11.8. The summed E-state index contributed by atoms with van der Waals surface area (Å²) < 4.78 is 40.4. The van der Waals surface area contributed by atoms with Gasteiger partial charge in [-0.15, -0.1) is 0 Å². The molecule has 1 aromatic carbocycles. The number of sulfonamides is 1. The second kappa shape index (κ2) is 5.09. The van der Waals surface area contributed by atoms with E-state index < -0.39 is 15.8 Å². The Balaban J connectivity index is 2.44. The van der Waals surface area contributed by atoms with Crippen LogP contribution in [0.1, 0.15) is 11.1 Å². The van der Waals surface area contributed by atoms with E-state index in [-0.39, 0.29) is 16.1 Å². The third-order valence-electron chi connectivity index (χ3n) is 2.83. The molecule has 0 spiro atoms. The van der Waals surface area contributed by atoms with Crippen LogP contribution in [-0.2, 0) is 10.0 Å². The quantitative estimate of drug-likeness (QED) is 0.850. The van der Waals surface area contributed by atoms with Crippen LogP contribution in [0, 0.1) is 19.7 Å². The number of nitrogens with one attached hydrogen (secondary N) is 1. The van der Waals surface area contributed by atoms with Crippen LogP contribution in [0.15, 0.2) is 35.5 Å². The summed E-state index contributed by atoms with van der Waals surface area (Å²) in [5.74, 6) is -0.607. The minimum Gasteiger partial charge on any atom is -0.396 e. The molecule has 2 aromatic rings. The molecule has 0 aliphatic carbocycles. The number of nitrogens with zero attached hydrogens (tertiary/aromatic N) is 1. The van der Waals surface area contributed by atoms with Gasteiger partial charge < -0.3 is 5.73 Å². The maximum Gasteiger partial charge on any atom is 0.261 e. The highest BCUT2D eigenvalue weighted by atomic mass is 32.2. The van der Waals surface area contributed by atoms with E-state index in [1.165, 1.54) is 19.2 Å². The van der Waals surface area contributed by atoms with Gasteiger partial charge in [-0.25, -0.2) is 12.8 Å². The molecular weight excluding hydrogens is 281 g/mol. The van der Waals surface area contributed by atoms with E-state index in [9.17, 15) is 12.8 Å². The molecule has 0 aliphatic heterocycles. The Labute approximate surface area is 116 Å². The van der Waals surface area contributed by atoms with Crippen molar-refractivity contribution in [2.24, 2.45) is 0 Å². The standard InChI is InChI=1S/C13H14FN3O2S/c1-8-5-10(6-11(15)13(8)14)20(18,19)17-12-3-4-16-7-9(12)2/h3-7H,15H2,1-2H3,(H,16,17). The zero-order valence-electron chi connectivity index (χ0n) is 11.0. The van der Waals surface area contributed by atoms with Gasteiger partial charge in [0.25, 0.3) is 10.0 Å². The maximum absolute atomic E-state index is 13.4. The minimum atomic E-state index is -3.82. The molecule has 2 rings (SSSR count). The monoisotopic (exact) mass is 295 g/mol. The summed E-state index contributed by atoms with van der Waals surface area (Å²) in [5, 5.41) is 0. The zero-order chi connectivity index (χ0) is 14.9. The van der Waals surface area contributed by atoms with Crippen molar-refractivity contribution in [1.82, 2.24) is 4.98 Å². The van der Waals surface area contributed by atoms with Crippen molar-refractivity contribution in [3.05, 3.63) is 47.5 Å². The van der Waals surface area contributed by atoms with E-state index in [2.05, 4.69) is 9.71 Å². The normalized spacial score (nSPS) is 11.3. The third kappa shape index (κ3) is 2.72. The average Bonchev–Trinajstić information content (AvgIpc) is 2.38. The summed E-state index contributed by atoms with van der Waals surface area (Å²) in [5.41, 5.74) is 6.54. The van der Waals surface area contributed by atoms with E-state index in [1.807, 2.05) is 0 Å². The lowest BCUT2D eigenvalue weighted by Crippen LogP contribution is -2.15. The third-order valence-corrected chi connectivity index (χ3v) is 4.18. The van der Waals surface area contributed by atoms with Crippen LogP contribution >= 0.6 is 0 Å². The number of hydrogen-bond acceptors (Lipinski definition) is 4. The van der Waals surface area contributed by atoms with Gasteiger partial charge in [0.15, 0.2) is 0 Å². The fourth-order valence-corrected chi connectivity index (χ4v) is 2.96. The Morgan fingerprint density at radius 1 is 1.25 bits per heavy atom. The lowest BCUT2D eigenvalue weighted by Gasteiger charge is -2.11. The molecule has 1 aromatic heterocycles. The van der Waals surface area contributed by atoms with E-state index in [0.717, 1.165) is 6.07 Å².